The number of carboxylic acid groups (broad SMARTS) is 1. The number of carbonyl (C=O) groups excluding carboxylic acids is 2. The number of aromatic nitrogens is 1. The Hall–Kier alpha value is -4.28. The van der Waals surface area contributed by atoms with E-state index < -0.39 is 17.9 Å². The van der Waals surface area contributed by atoms with Gasteiger partial charge in [-0.2, -0.15) is 5.10 Å². The molecule has 0 fully saturated rings. The lowest BCUT2D eigenvalue weighted by Gasteiger charge is -2.19. The summed E-state index contributed by atoms with van der Waals surface area (Å²) in [6.45, 7) is 0.468. The van der Waals surface area contributed by atoms with Gasteiger partial charge in [0.1, 0.15) is 6.04 Å². The van der Waals surface area contributed by atoms with Crippen LogP contribution in [-0.2, 0) is 22.7 Å². The van der Waals surface area contributed by atoms with Crippen LogP contribution in [0.2, 0.25) is 0 Å². The van der Waals surface area contributed by atoms with E-state index in [9.17, 15) is 14.4 Å². The Bertz CT molecular complexity index is 1170. The number of hydrogen-bond donors (Lipinski definition) is 5. The number of benzene rings is 2. The Balaban J connectivity index is 0.00000456. The number of carboxylic acids is 1. The second-order valence-corrected chi connectivity index (χ2v) is 7.61. The minimum absolute atomic E-state index is 0. The van der Waals surface area contributed by atoms with Crippen LogP contribution in [0.4, 0.5) is 0 Å². The van der Waals surface area contributed by atoms with Crippen LogP contribution in [0.25, 0.3) is 0 Å². The number of halogens is 1. The van der Waals surface area contributed by atoms with Crippen LogP contribution in [0.1, 0.15) is 38.7 Å². The van der Waals surface area contributed by atoms with Crippen molar-refractivity contribution in [1.29, 1.82) is 0 Å². The lowest BCUT2D eigenvalue weighted by atomic mass is 10.0. The Morgan fingerprint density at radius 1 is 0.917 bits per heavy atom. The maximum atomic E-state index is 13.0. The van der Waals surface area contributed by atoms with Crippen molar-refractivity contribution in [3.63, 3.8) is 0 Å². The van der Waals surface area contributed by atoms with Crippen molar-refractivity contribution >= 4 is 36.4 Å². The highest BCUT2D eigenvalue weighted by molar-refractivity contribution is 5.89. The molecule has 36 heavy (non-hydrogen) atoms. The maximum absolute atomic E-state index is 13.0. The molecule has 2 amide bonds. The van der Waals surface area contributed by atoms with Crippen molar-refractivity contribution in [1.82, 2.24) is 20.9 Å². The average Bonchev–Trinajstić information content (AvgIpc) is 2.88. The first-order valence-electron chi connectivity index (χ1n) is 10.8. The van der Waals surface area contributed by atoms with Gasteiger partial charge in [-0.25, -0.2) is 4.79 Å². The molecule has 0 aliphatic rings. The molecule has 0 radical (unpaired) electrons. The van der Waals surface area contributed by atoms with Crippen molar-refractivity contribution in [2.75, 3.05) is 6.54 Å². The van der Waals surface area contributed by atoms with E-state index in [2.05, 4.69) is 26.0 Å². The molecule has 1 heterocycles. The van der Waals surface area contributed by atoms with E-state index in [4.69, 9.17) is 10.9 Å². The molecule has 188 valence electrons. The van der Waals surface area contributed by atoms with E-state index in [0.29, 0.717) is 18.7 Å². The lowest BCUT2D eigenvalue weighted by molar-refractivity contribution is -0.127. The number of nitrogens with zero attached hydrogens (tertiary/aromatic N) is 2. The molecule has 3 rings (SSSR count). The van der Waals surface area contributed by atoms with Crippen LogP contribution in [0.3, 0.4) is 0 Å². The highest BCUT2D eigenvalue weighted by Crippen LogP contribution is 2.16. The minimum atomic E-state index is -1.06. The number of pyridine rings is 1. The van der Waals surface area contributed by atoms with E-state index in [1.54, 1.807) is 36.7 Å². The summed E-state index contributed by atoms with van der Waals surface area (Å²) in [5.74, 6) is 3.35. The normalized spacial score (nSPS) is 11.3. The Morgan fingerprint density at radius 2 is 1.56 bits per heavy atom. The zero-order valence-electron chi connectivity index (χ0n) is 19.3. The zero-order chi connectivity index (χ0) is 25.0. The quantitative estimate of drug-likeness (QED) is 0.149. The summed E-state index contributed by atoms with van der Waals surface area (Å²) in [5, 5.41) is 21.2. The highest BCUT2D eigenvalue weighted by Gasteiger charge is 2.21. The third-order valence-corrected chi connectivity index (χ3v) is 5.13. The standard InChI is InChI=1S/C25H26N6O4.ClH/c26-31-15-18-3-1-17(2-4-18)14-29-23(20-5-7-21(8-6-20)25(34)35)24(33)30-16-22(32)28-13-19-9-11-27-12-10-19;/h1-12,15,23,29H,13-14,16,26H2,(H,28,32)(H,30,33)(H,34,35);1H. The molecule has 11 heteroatoms. The third kappa shape index (κ3) is 8.49. The summed E-state index contributed by atoms with van der Waals surface area (Å²) in [7, 11) is 0. The summed E-state index contributed by atoms with van der Waals surface area (Å²) >= 11 is 0. The van der Waals surface area contributed by atoms with Gasteiger partial charge in [-0.15, -0.1) is 12.4 Å². The van der Waals surface area contributed by atoms with Gasteiger partial charge in [0.2, 0.25) is 11.8 Å². The van der Waals surface area contributed by atoms with Gasteiger partial charge in [-0.3, -0.25) is 19.9 Å². The smallest absolute Gasteiger partial charge is 0.335 e. The molecule has 6 N–H and O–H groups in total. The summed E-state index contributed by atoms with van der Waals surface area (Å²) in [6, 6.07) is 16.2. The molecule has 0 aliphatic heterocycles. The van der Waals surface area contributed by atoms with E-state index in [-0.39, 0.29) is 30.4 Å². The topological polar surface area (TPSA) is 159 Å². The van der Waals surface area contributed by atoms with E-state index in [0.717, 1.165) is 16.7 Å². The summed E-state index contributed by atoms with van der Waals surface area (Å²) in [5.41, 5.74) is 3.32. The maximum Gasteiger partial charge on any atom is 0.335 e. The van der Waals surface area contributed by atoms with Crippen molar-refractivity contribution in [2.24, 2.45) is 10.9 Å². The van der Waals surface area contributed by atoms with E-state index >= 15 is 0 Å². The summed E-state index contributed by atoms with van der Waals surface area (Å²) in [6.07, 6.45) is 4.79. The molecule has 0 saturated carbocycles. The average molecular weight is 511 g/mol. The fraction of sp³-hybridized carbons (Fsp3) is 0.160. The number of nitrogens with one attached hydrogen (secondary N) is 3. The summed E-state index contributed by atoms with van der Waals surface area (Å²) < 4.78 is 0. The third-order valence-electron chi connectivity index (χ3n) is 5.13. The SMILES string of the molecule is Cl.NN=Cc1ccc(CNC(C(=O)NCC(=O)NCc2ccncc2)c2ccc(C(=O)O)cc2)cc1. The molecule has 10 nitrogen and oxygen atoms in total. The zero-order valence-corrected chi connectivity index (χ0v) is 20.1. The fourth-order valence-corrected chi connectivity index (χ4v) is 3.24. The Morgan fingerprint density at radius 3 is 2.17 bits per heavy atom. The van der Waals surface area contributed by atoms with Gasteiger partial charge in [-0.1, -0.05) is 36.4 Å². The van der Waals surface area contributed by atoms with Gasteiger partial charge in [0.15, 0.2) is 0 Å². The van der Waals surface area contributed by atoms with Crippen molar-refractivity contribution in [3.8, 4) is 0 Å². The van der Waals surface area contributed by atoms with E-state index in [1.807, 2.05) is 24.3 Å². The second-order valence-electron chi connectivity index (χ2n) is 7.61. The van der Waals surface area contributed by atoms with Gasteiger partial charge in [-0.05, 0) is 46.5 Å². The largest absolute Gasteiger partial charge is 0.478 e. The van der Waals surface area contributed by atoms with Crippen LogP contribution in [0.5, 0.6) is 0 Å². The molecule has 0 saturated heterocycles. The molecular formula is C25H27ClN6O4. The lowest BCUT2D eigenvalue weighted by Crippen LogP contribution is -2.42. The first kappa shape index (κ1) is 28.0. The molecule has 0 spiro atoms. The molecule has 3 aromatic rings. The van der Waals surface area contributed by atoms with Gasteiger partial charge < -0.3 is 21.6 Å². The number of hydrazone groups is 1. The molecule has 1 atom stereocenters. The van der Waals surface area contributed by atoms with Gasteiger partial charge >= 0.3 is 5.97 Å². The number of hydrogen-bond acceptors (Lipinski definition) is 7. The van der Waals surface area contributed by atoms with Crippen LogP contribution < -0.4 is 21.8 Å². The van der Waals surface area contributed by atoms with Crippen LogP contribution >= 0.6 is 12.4 Å². The molecular weight excluding hydrogens is 484 g/mol. The molecule has 1 unspecified atom stereocenters. The Kier molecular flexibility index (Phi) is 11.0. The first-order chi connectivity index (χ1) is 17.0. The number of amides is 2. The number of carbonyl (C=O) groups is 3. The van der Waals surface area contributed by atoms with Crippen LogP contribution in [-0.4, -0.2) is 40.6 Å². The monoisotopic (exact) mass is 510 g/mol. The van der Waals surface area contributed by atoms with Gasteiger partial charge in [0.05, 0.1) is 18.3 Å². The van der Waals surface area contributed by atoms with Crippen molar-refractivity contribution < 1.29 is 19.5 Å². The predicted molar refractivity (Wildman–Crippen MR) is 138 cm³/mol. The van der Waals surface area contributed by atoms with Crippen LogP contribution in [0.15, 0.2) is 78.2 Å². The first-order valence-corrected chi connectivity index (χ1v) is 10.8. The van der Waals surface area contributed by atoms with Gasteiger partial charge in [0.25, 0.3) is 0 Å². The molecule has 1 aromatic heterocycles. The fourth-order valence-electron chi connectivity index (χ4n) is 3.24. The number of aromatic carboxylic acids is 1. The van der Waals surface area contributed by atoms with Gasteiger partial charge in [0, 0.05) is 25.5 Å². The van der Waals surface area contributed by atoms with Crippen molar-refractivity contribution in [2.45, 2.75) is 19.1 Å². The molecule has 0 bridgehead atoms. The number of nitrogens with two attached hydrogens (primary N) is 1. The molecule has 2 aromatic carbocycles. The summed E-state index contributed by atoms with van der Waals surface area (Å²) in [4.78, 5) is 40.3. The minimum Gasteiger partial charge on any atom is -0.478 e. The number of rotatable bonds is 11. The highest BCUT2D eigenvalue weighted by atomic mass is 35.5. The van der Waals surface area contributed by atoms with E-state index in [1.165, 1.54) is 18.3 Å². The van der Waals surface area contributed by atoms with Crippen LogP contribution in [0, 0.1) is 0 Å². The molecule has 0 aliphatic carbocycles. The predicted octanol–water partition coefficient (Wildman–Crippen LogP) is 1.76. The second kappa shape index (κ2) is 14.2. The van der Waals surface area contributed by atoms with Crippen molar-refractivity contribution in [3.05, 3.63) is 101 Å². The Labute approximate surface area is 214 Å².